The Labute approximate surface area is 124 Å². The third kappa shape index (κ3) is 5.16. The molecule has 1 rings (SSSR count). The average Bonchev–Trinajstić information content (AvgIpc) is 2.42. The lowest BCUT2D eigenvalue weighted by atomic mass is 9.94. The van der Waals surface area contributed by atoms with E-state index < -0.39 is 0 Å². The molecule has 1 aromatic carbocycles. The van der Waals surface area contributed by atoms with Crippen molar-refractivity contribution in [3.8, 4) is 5.75 Å². The maximum Gasteiger partial charge on any atom is 0.126 e. The third-order valence-corrected chi connectivity index (χ3v) is 3.49. The molecule has 0 unspecified atom stereocenters. The lowest BCUT2D eigenvalue weighted by Gasteiger charge is -2.20. The Hall–Kier alpha value is -1.02. The molecule has 1 aromatic rings. The number of rotatable bonds is 9. The van der Waals surface area contributed by atoms with Crippen molar-refractivity contribution in [3.05, 3.63) is 29.3 Å². The minimum atomic E-state index is 0.502. The Morgan fingerprint density at radius 1 is 1.00 bits per heavy atom. The summed E-state index contributed by atoms with van der Waals surface area (Å²) in [7, 11) is 0. The minimum absolute atomic E-state index is 0.502. The van der Waals surface area contributed by atoms with E-state index in [-0.39, 0.29) is 0 Å². The largest absolute Gasteiger partial charge is 0.493 e. The molecule has 2 nitrogen and oxygen atoms in total. The molecule has 0 aromatic heterocycles. The highest BCUT2D eigenvalue weighted by molar-refractivity contribution is 5.44. The van der Waals surface area contributed by atoms with Crippen molar-refractivity contribution in [2.24, 2.45) is 0 Å². The molecule has 0 saturated heterocycles. The predicted molar refractivity (Wildman–Crippen MR) is 87.9 cm³/mol. The first kappa shape index (κ1) is 17.0. The van der Waals surface area contributed by atoms with Crippen LogP contribution < -0.4 is 10.1 Å². The molecule has 2 heteroatoms. The van der Waals surface area contributed by atoms with Crippen molar-refractivity contribution in [2.75, 3.05) is 19.7 Å². The Morgan fingerprint density at radius 3 is 2.10 bits per heavy atom. The van der Waals surface area contributed by atoms with Crippen molar-refractivity contribution in [1.29, 1.82) is 0 Å². The third-order valence-electron chi connectivity index (χ3n) is 3.49. The van der Waals surface area contributed by atoms with Crippen LogP contribution in [0.25, 0.3) is 0 Å². The maximum absolute atomic E-state index is 6.13. The van der Waals surface area contributed by atoms with Crippen molar-refractivity contribution in [2.45, 2.75) is 59.3 Å². The fraction of sp³-hybridized carbons (Fsp3) is 0.667. The van der Waals surface area contributed by atoms with Crippen molar-refractivity contribution < 1.29 is 4.74 Å². The molecule has 0 heterocycles. The lowest BCUT2D eigenvalue weighted by Crippen LogP contribution is -2.18. The average molecular weight is 277 g/mol. The number of ether oxygens (including phenoxy) is 1. The molecular weight excluding hydrogens is 246 g/mol. The van der Waals surface area contributed by atoms with E-state index in [1.165, 1.54) is 17.5 Å². The fourth-order valence-electron chi connectivity index (χ4n) is 2.32. The predicted octanol–water partition coefficient (Wildman–Crippen LogP) is 4.70. The molecule has 20 heavy (non-hydrogen) atoms. The molecule has 0 atom stereocenters. The Morgan fingerprint density at radius 2 is 1.60 bits per heavy atom. The zero-order valence-electron chi connectivity index (χ0n) is 13.8. The zero-order valence-corrected chi connectivity index (χ0v) is 13.8. The van der Waals surface area contributed by atoms with Gasteiger partial charge in [-0.25, -0.2) is 0 Å². The molecule has 0 saturated carbocycles. The highest BCUT2D eigenvalue weighted by Gasteiger charge is 2.14. The van der Waals surface area contributed by atoms with Crippen LogP contribution in [0, 0.1) is 0 Å². The normalized spacial score (nSPS) is 11.3. The molecule has 0 aliphatic rings. The van der Waals surface area contributed by atoms with Gasteiger partial charge in [-0.2, -0.15) is 0 Å². The topological polar surface area (TPSA) is 21.3 Å². The Kier molecular flexibility index (Phi) is 7.68. The van der Waals surface area contributed by atoms with E-state index in [1.54, 1.807) is 0 Å². The van der Waals surface area contributed by atoms with Gasteiger partial charge in [-0.3, -0.25) is 0 Å². The van der Waals surface area contributed by atoms with Crippen LogP contribution in [-0.2, 0) is 0 Å². The van der Waals surface area contributed by atoms with Crippen molar-refractivity contribution in [3.63, 3.8) is 0 Å². The molecule has 114 valence electrons. The van der Waals surface area contributed by atoms with E-state index in [0.717, 1.165) is 31.9 Å². The van der Waals surface area contributed by atoms with Crippen LogP contribution in [0.3, 0.4) is 0 Å². The summed E-state index contributed by atoms with van der Waals surface area (Å²) in [4.78, 5) is 0. The van der Waals surface area contributed by atoms with Gasteiger partial charge in [0.05, 0.1) is 6.61 Å². The molecule has 0 aliphatic carbocycles. The molecule has 0 bridgehead atoms. The smallest absolute Gasteiger partial charge is 0.126 e. The van der Waals surface area contributed by atoms with E-state index in [1.807, 2.05) is 0 Å². The number of hydrogen-bond donors (Lipinski definition) is 1. The van der Waals surface area contributed by atoms with E-state index in [0.29, 0.717) is 11.8 Å². The van der Waals surface area contributed by atoms with E-state index in [2.05, 4.69) is 58.1 Å². The SMILES string of the molecule is CCCNCCCOc1c(C(C)C)cccc1C(C)C. The van der Waals surface area contributed by atoms with Gasteiger partial charge in [-0.1, -0.05) is 52.8 Å². The van der Waals surface area contributed by atoms with Gasteiger partial charge in [0.2, 0.25) is 0 Å². The molecular formula is C18H31NO. The van der Waals surface area contributed by atoms with Gasteiger partial charge in [0.15, 0.2) is 0 Å². The number of para-hydroxylation sites is 1. The van der Waals surface area contributed by atoms with Crippen LogP contribution in [0.1, 0.15) is 70.4 Å². The van der Waals surface area contributed by atoms with Gasteiger partial charge in [-0.15, -0.1) is 0 Å². The molecule has 0 fully saturated rings. The van der Waals surface area contributed by atoms with Crippen LogP contribution in [0.2, 0.25) is 0 Å². The summed E-state index contributed by atoms with van der Waals surface area (Å²) in [5.41, 5.74) is 2.66. The van der Waals surface area contributed by atoms with Gasteiger partial charge in [-0.05, 0) is 48.9 Å². The summed E-state index contributed by atoms with van der Waals surface area (Å²) in [6.45, 7) is 14.0. The summed E-state index contributed by atoms with van der Waals surface area (Å²) in [5, 5.41) is 3.42. The van der Waals surface area contributed by atoms with Crippen LogP contribution >= 0.6 is 0 Å². The molecule has 0 radical (unpaired) electrons. The van der Waals surface area contributed by atoms with Crippen LogP contribution in [0.15, 0.2) is 18.2 Å². The van der Waals surface area contributed by atoms with Crippen molar-refractivity contribution >= 4 is 0 Å². The minimum Gasteiger partial charge on any atom is -0.493 e. The Balaban J connectivity index is 2.66. The van der Waals surface area contributed by atoms with Gasteiger partial charge in [0.1, 0.15) is 5.75 Å². The lowest BCUT2D eigenvalue weighted by molar-refractivity contribution is 0.300. The van der Waals surface area contributed by atoms with Gasteiger partial charge in [0.25, 0.3) is 0 Å². The van der Waals surface area contributed by atoms with Crippen LogP contribution in [0.5, 0.6) is 5.75 Å². The first-order chi connectivity index (χ1) is 9.57. The second-order valence-corrected chi connectivity index (χ2v) is 6.03. The fourth-order valence-corrected chi connectivity index (χ4v) is 2.32. The van der Waals surface area contributed by atoms with Crippen LogP contribution in [0.4, 0.5) is 0 Å². The summed E-state index contributed by atoms with van der Waals surface area (Å²) in [6.07, 6.45) is 2.25. The zero-order chi connectivity index (χ0) is 15.0. The highest BCUT2D eigenvalue weighted by atomic mass is 16.5. The quantitative estimate of drug-likeness (QED) is 0.660. The molecule has 1 N–H and O–H groups in total. The maximum atomic E-state index is 6.13. The summed E-state index contributed by atoms with van der Waals surface area (Å²) >= 11 is 0. The first-order valence-electron chi connectivity index (χ1n) is 8.04. The number of nitrogens with one attached hydrogen (secondary N) is 1. The van der Waals surface area contributed by atoms with E-state index in [9.17, 15) is 0 Å². The van der Waals surface area contributed by atoms with Crippen molar-refractivity contribution in [1.82, 2.24) is 5.32 Å². The molecule has 0 amide bonds. The molecule has 0 spiro atoms. The van der Waals surface area contributed by atoms with Gasteiger partial charge >= 0.3 is 0 Å². The summed E-state index contributed by atoms with van der Waals surface area (Å²) in [5.74, 6) is 2.12. The molecule has 0 aliphatic heterocycles. The van der Waals surface area contributed by atoms with Gasteiger partial charge < -0.3 is 10.1 Å². The second kappa shape index (κ2) is 9.02. The monoisotopic (exact) mass is 277 g/mol. The number of hydrogen-bond acceptors (Lipinski definition) is 2. The standard InChI is InChI=1S/C18H31NO/c1-6-11-19-12-8-13-20-18-16(14(2)3)9-7-10-17(18)15(4)5/h7,9-10,14-15,19H,6,8,11-13H2,1-5H3. The second-order valence-electron chi connectivity index (χ2n) is 6.03. The summed E-state index contributed by atoms with van der Waals surface area (Å²) < 4.78 is 6.13. The van der Waals surface area contributed by atoms with Crippen LogP contribution in [-0.4, -0.2) is 19.7 Å². The van der Waals surface area contributed by atoms with E-state index >= 15 is 0 Å². The highest BCUT2D eigenvalue weighted by Crippen LogP contribution is 2.34. The number of benzene rings is 1. The first-order valence-corrected chi connectivity index (χ1v) is 8.04. The summed E-state index contributed by atoms with van der Waals surface area (Å²) in [6, 6.07) is 6.54. The Bertz CT molecular complexity index is 359. The van der Waals surface area contributed by atoms with E-state index in [4.69, 9.17) is 4.74 Å². The van der Waals surface area contributed by atoms with Gasteiger partial charge in [0, 0.05) is 0 Å².